The van der Waals surface area contributed by atoms with Gasteiger partial charge in [0.05, 0.1) is 11.8 Å². The molecule has 5 nitrogen and oxygen atoms in total. The molecule has 21 heavy (non-hydrogen) atoms. The molecular formula is C12H13F3N2O3S. The molecule has 1 amide bonds. The van der Waals surface area contributed by atoms with Gasteiger partial charge in [-0.15, -0.1) is 0 Å². The van der Waals surface area contributed by atoms with E-state index >= 15 is 0 Å². The largest absolute Gasteiger partial charge is 0.416 e. The molecule has 0 bridgehead atoms. The third-order valence-corrected chi connectivity index (χ3v) is 3.78. The van der Waals surface area contributed by atoms with Crippen LogP contribution in [0.2, 0.25) is 0 Å². The Hall–Kier alpha value is -1.61. The molecule has 0 aliphatic carbocycles. The summed E-state index contributed by atoms with van der Waals surface area (Å²) in [6.07, 6.45) is -3.22. The van der Waals surface area contributed by atoms with Crippen LogP contribution in [0.3, 0.4) is 0 Å². The van der Waals surface area contributed by atoms with Crippen LogP contribution < -0.4 is 9.62 Å². The molecule has 1 atom stereocenters. The summed E-state index contributed by atoms with van der Waals surface area (Å²) in [5.41, 5.74) is -0.491. The highest BCUT2D eigenvalue weighted by molar-refractivity contribution is 7.88. The first kappa shape index (κ1) is 15.8. The normalized spacial score (nSPS) is 20.1. The summed E-state index contributed by atoms with van der Waals surface area (Å²) in [6.45, 7) is 0.247. The molecule has 1 aliphatic heterocycles. The van der Waals surface area contributed by atoms with Crippen molar-refractivity contribution >= 4 is 21.6 Å². The number of benzene rings is 1. The summed E-state index contributed by atoms with van der Waals surface area (Å²) in [7, 11) is -3.52. The summed E-state index contributed by atoms with van der Waals surface area (Å²) in [4.78, 5) is 13.3. The van der Waals surface area contributed by atoms with Crippen LogP contribution in [0, 0.1) is 0 Å². The van der Waals surface area contributed by atoms with Gasteiger partial charge < -0.3 is 4.90 Å². The SMILES string of the molecule is CS(=O)(=O)N[C@@H]1CCN(c2ccc(C(F)(F)F)cc2)C1=O. The van der Waals surface area contributed by atoms with E-state index in [0.29, 0.717) is 5.69 Å². The molecule has 1 saturated heterocycles. The predicted octanol–water partition coefficient (Wildman–Crippen LogP) is 1.36. The molecule has 1 aliphatic rings. The van der Waals surface area contributed by atoms with E-state index in [1.54, 1.807) is 0 Å². The van der Waals surface area contributed by atoms with Gasteiger partial charge in [-0.1, -0.05) is 0 Å². The highest BCUT2D eigenvalue weighted by Crippen LogP contribution is 2.31. The zero-order valence-electron chi connectivity index (χ0n) is 11.0. The minimum absolute atomic E-state index is 0.247. The summed E-state index contributed by atoms with van der Waals surface area (Å²) < 4.78 is 61.8. The van der Waals surface area contributed by atoms with Crippen LogP contribution >= 0.6 is 0 Å². The third kappa shape index (κ3) is 3.73. The van der Waals surface area contributed by atoms with Crippen LogP contribution in [-0.2, 0) is 21.0 Å². The first-order valence-corrected chi connectivity index (χ1v) is 7.93. The number of carbonyl (C=O) groups excluding carboxylic acids is 1. The van der Waals surface area contributed by atoms with Gasteiger partial charge in [-0.25, -0.2) is 13.1 Å². The van der Waals surface area contributed by atoms with Gasteiger partial charge in [0, 0.05) is 12.2 Å². The smallest absolute Gasteiger partial charge is 0.311 e. The number of rotatable bonds is 3. The number of alkyl halides is 3. The van der Waals surface area contributed by atoms with Crippen LogP contribution in [-0.4, -0.2) is 33.2 Å². The average Bonchev–Trinajstić information content (AvgIpc) is 2.68. The van der Waals surface area contributed by atoms with E-state index in [1.165, 1.54) is 17.0 Å². The fourth-order valence-corrected chi connectivity index (χ4v) is 2.87. The van der Waals surface area contributed by atoms with E-state index in [1.807, 2.05) is 0 Å². The lowest BCUT2D eigenvalue weighted by Crippen LogP contribution is -2.41. The maximum absolute atomic E-state index is 12.5. The fourth-order valence-electron chi connectivity index (χ4n) is 2.13. The summed E-state index contributed by atoms with van der Waals surface area (Å²) in [5.74, 6) is -0.472. The van der Waals surface area contributed by atoms with Gasteiger partial charge in [-0.2, -0.15) is 13.2 Å². The van der Waals surface area contributed by atoms with Crippen molar-refractivity contribution in [1.29, 1.82) is 0 Å². The maximum atomic E-state index is 12.5. The van der Waals surface area contributed by atoms with Gasteiger partial charge in [-0.3, -0.25) is 4.79 Å². The van der Waals surface area contributed by atoms with Crippen molar-refractivity contribution in [1.82, 2.24) is 4.72 Å². The fraction of sp³-hybridized carbons (Fsp3) is 0.417. The van der Waals surface area contributed by atoms with E-state index in [9.17, 15) is 26.4 Å². The van der Waals surface area contributed by atoms with Crippen LogP contribution in [0.5, 0.6) is 0 Å². The molecule has 0 unspecified atom stereocenters. The van der Waals surface area contributed by atoms with Crippen LogP contribution in [0.15, 0.2) is 24.3 Å². The first-order valence-electron chi connectivity index (χ1n) is 6.04. The van der Waals surface area contributed by atoms with E-state index in [0.717, 1.165) is 18.4 Å². The van der Waals surface area contributed by atoms with Gasteiger partial charge in [0.1, 0.15) is 6.04 Å². The van der Waals surface area contributed by atoms with Crippen molar-refractivity contribution in [3.8, 4) is 0 Å². The number of carbonyl (C=O) groups is 1. The molecule has 0 saturated carbocycles. The number of nitrogens with one attached hydrogen (secondary N) is 1. The van der Waals surface area contributed by atoms with E-state index in [-0.39, 0.29) is 13.0 Å². The monoisotopic (exact) mass is 322 g/mol. The highest BCUT2D eigenvalue weighted by Gasteiger charge is 2.35. The van der Waals surface area contributed by atoms with Crippen molar-refractivity contribution in [3.63, 3.8) is 0 Å². The molecule has 1 heterocycles. The molecule has 1 aromatic carbocycles. The van der Waals surface area contributed by atoms with Gasteiger partial charge in [0.2, 0.25) is 15.9 Å². The quantitative estimate of drug-likeness (QED) is 0.914. The lowest BCUT2D eigenvalue weighted by Gasteiger charge is -2.17. The van der Waals surface area contributed by atoms with Crippen molar-refractivity contribution in [3.05, 3.63) is 29.8 Å². The Morgan fingerprint density at radius 1 is 1.24 bits per heavy atom. The third-order valence-electron chi connectivity index (χ3n) is 3.07. The average molecular weight is 322 g/mol. The zero-order chi connectivity index (χ0) is 15.8. The molecule has 9 heteroatoms. The minimum atomic E-state index is -4.44. The number of nitrogens with zero attached hydrogens (tertiary/aromatic N) is 1. The topological polar surface area (TPSA) is 66.5 Å². The van der Waals surface area contributed by atoms with Crippen molar-refractivity contribution < 1.29 is 26.4 Å². The second kappa shape index (κ2) is 5.30. The summed E-state index contributed by atoms with van der Waals surface area (Å²) >= 11 is 0. The molecular weight excluding hydrogens is 309 g/mol. The standard InChI is InChI=1S/C12H13F3N2O3S/c1-21(19,20)16-10-6-7-17(11(10)18)9-4-2-8(3-5-9)12(13,14)15/h2-5,10,16H,6-7H2,1H3/t10-/m1/s1. The highest BCUT2D eigenvalue weighted by atomic mass is 32.2. The molecule has 0 aromatic heterocycles. The Balaban J connectivity index is 2.15. The second-order valence-electron chi connectivity index (χ2n) is 4.77. The van der Waals surface area contributed by atoms with Gasteiger partial charge in [0.15, 0.2) is 0 Å². The Morgan fingerprint density at radius 3 is 2.29 bits per heavy atom. The number of amides is 1. The minimum Gasteiger partial charge on any atom is -0.311 e. The van der Waals surface area contributed by atoms with Crippen molar-refractivity contribution in [2.24, 2.45) is 0 Å². The first-order chi connectivity index (χ1) is 9.58. The number of anilines is 1. The number of hydrogen-bond donors (Lipinski definition) is 1. The van der Waals surface area contributed by atoms with Crippen LogP contribution in [0.4, 0.5) is 18.9 Å². The number of sulfonamides is 1. The number of hydrogen-bond acceptors (Lipinski definition) is 3. The Kier molecular flexibility index (Phi) is 3.98. The van der Waals surface area contributed by atoms with Crippen LogP contribution in [0.1, 0.15) is 12.0 Å². The number of halogens is 3. The summed E-state index contributed by atoms with van der Waals surface area (Å²) in [6, 6.07) is 3.30. The molecule has 1 N–H and O–H groups in total. The molecule has 0 radical (unpaired) electrons. The predicted molar refractivity (Wildman–Crippen MR) is 70.2 cm³/mol. The van der Waals surface area contributed by atoms with Gasteiger partial charge in [0.25, 0.3) is 0 Å². The van der Waals surface area contributed by atoms with Crippen molar-refractivity contribution in [2.75, 3.05) is 17.7 Å². The molecule has 116 valence electrons. The summed E-state index contributed by atoms with van der Waals surface area (Å²) in [5, 5.41) is 0. The Bertz CT molecular complexity index is 641. The molecule has 1 fully saturated rings. The maximum Gasteiger partial charge on any atom is 0.416 e. The van der Waals surface area contributed by atoms with E-state index in [2.05, 4.69) is 4.72 Å². The van der Waals surface area contributed by atoms with E-state index < -0.39 is 33.7 Å². The molecule has 2 rings (SSSR count). The van der Waals surface area contributed by atoms with Crippen LogP contribution in [0.25, 0.3) is 0 Å². The Labute approximate surface area is 119 Å². The lowest BCUT2D eigenvalue weighted by atomic mass is 10.2. The van der Waals surface area contributed by atoms with E-state index in [4.69, 9.17) is 0 Å². The zero-order valence-corrected chi connectivity index (χ0v) is 11.8. The van der Waals surface area contributed by atoms with Crippen molar-refractivity contribution in [2.45, 2.75) is 18.6 Å². The molecule has 0 spiro atoms. The Morgan fingerprint density at radius 2 is 1.81 bits per heavy atom. The molecule has 1 aromatic rings. The van der Waals surface area contributed by atoms with Gasteiger partial charge in [-0.05, 0) is 30.7 Å². The second-order valence-corrected chi connectivity index (χ2v) is 6.55. The lowest BCUT2D eigenvalue weighted by molar-refractivity contribution is -0.137. The van der Waals surface area contributed by atoms with Gasteiger partial charge >= 0.3 is 6.18 Å².